The summed E-state index contributed by atoms with van der Waals surface area (Å²) in [6.45, 7) is 0. The molecule has 4 heteroatoms. The Morgan fingerprint density at radius 2 is 0.845 bits per heavy atom. The topological polar surface area (TPSA) is 25.2 Å². The van der Waals surface area contributed by atoms with E-state index in [0.717, 1.165) is 50.0 Å². The van der Waals surface area contributed by atoms with Crippen molar-refractivity contribution in [3.63, 3.8) is 0 Å². The van der Waals surface area contributed by atoms with Gasteiger partial charge in [0.15, 0.2) is 0 Å². The van der Waals surface area contributed by atoms with Gasteiger partial charge in [-0.15, -0.1) is 0 Å². The van der Waals surface area contributed by atoms with E-state index in [-0.39, 0.29) is 0 Å². The Labute approximate surface area is 333 Å². The van der Waals surface area contributed by atoms with Crippen molar-refractivity contribution in [1.29, 1.82) is 0 Å². The molecule has 0 aliphatic carbocycles. The van der Waals surface area contributed by atoms with Crippen LogP contribution in [0, 0.1) is 0 Å². The fourth-order valence-electron chi connectivity index (χ4n) is 9.68. The molecule has 0 N–H and O–H groups in total. The first kappa shape index (κ1) is 31.4. The van der Waals surface area contributed by atoms with Gasteiger partial charge in [0.1, 0.15) is 11.2 Å². The van der Waals surface area contributed by atoms with Gasteiger partial charge in [0.05, 0.1) is 44.2 Å². The molecule has 58 heavy (non-hydrogen) atoms. The number of para-hydroxylation sites is 3. The first-order valence-corrected chi connectivity index (χ1v) is 19.8. The molecule has 270 valence electrons. The first-order chi connectivity index (χ1) is 28.8. The van der Waals surface area contributed by atoms with Crippen LogP contribution in [0.1, 0.15) is 0 Å². The molecular formula is C54H33N3O. The van der Waals surface area contributed by atoms with Crippen molar-refractivity contribution >= 4 is 93.6 Å². The van der Waals surface area contributed by atoms with Crippen LogP contribution in [-0.4, -0.2) is 8.80 Å². The smallest absolute Gasteiger partial charge is 0.137 e. The molecule has 9 aromatic carbocycles. The van der Waals surface area contributed by atoms with E-state index in [1.54, 1.807) is 0 Å². The van der Waals surface area contributed by atoms with Gasteiger partial charge in [-0.2, -0.15) is 0 Å². The zero-order valence-electron chi connectivity index (χ0n) is 31.3. The van der Waals surface area contributed by atoms with Crippen LogP contribution in [0.3, 0.4) is 0 Å². The molecule has 0 unspecified atom stereocenters. The van der Waals surface area contributed by atoms with Crippen molar-refractivity contribution < 1.29 is 4.42 Å². The largest absolute Gasteiger partial charge is 0.456 e. The third-order valence-corrected chi connectivity index (χ3v) is 12.2. The van der Waals surface area contributed by atoms with E-state index in [1.807, 2.05) is 6.07 Å². The lowest BCUT2D eigenvalue weighted by Gasteiger charge is -2.27. The highest BCUT2D eigenvalue weighted by atomic mass is 16.3. The molecule has 0 radical (unpaired) electrons. The summed E-state index contributed by atoms with van der Waals surface area (Å²) in [6, 6.07) is 72.4. The molecule has 4 aromatic heterocycles. The highest BCUT2D eigenvalue weighted by Crippen LogP contribution is 2.46. The van der Waals surface area contributed by atoms with Crippen molar-refractivity contribution in [2.75, 3.05) is 4.90 Å². The number of nitrogens with zero attached hydrogens (tertiary/aromatic N) is 3. The lowest BCUT2D eigenvalue weighted by atomic mass is 10.00. The monoisotopic (exact) mass is 739 g/mol. The second kappa shape index (κ2) is 11.8. The number of aromatic nitrogens is 2. The fourth-order valence-corrected chi connectivity index (χ4v) is 9.68. The van der Waals surface area contributed by atoms with Gasteiger partial charge >= 0.3 is 0 Å². The number of rotatable bonds is 5. The van der Waals surface area contributed by atoms with Crippen LogP contribution in [0.4, 0.5) is 17.1 Å². The fraction of sp³-hybridized carbons (Fsp3) is 0. The lowest BCUT2D eigenvalue weighted by Crippen LogP contribution is -2.11. The minimum atomic E-state index is 0.866. The normalized spacial score (nSPS) is 12.1. The van der Waals surface area contributed by atoms with Gasteiger partial charge < -0.3 is 18.1 Å². The highest BCUT2D eigenvalue weighted by Gasteiger charge is 2.24. The van der Waals surface area contributed by atoms with Crippen LogP contribution in [0.5, 0.6) is 0 Å². The number of furan rings is 1. The molecule has 0 saturated carbocycles. The second-order valence-electron chi connectivity index (χ2n) is 15.3. The molecule has 13 rings (SSSR count). The average molecular weight is 740 g/mol. The summed E-state index contributed by atoms with van der Waals surface area (Å²) >= 11 is 0. The zero-order valence-corrected chi connectivity index (χ0v) is 31.3. The Kier molecular flexibility index (Phi) is 6.41. The Morgan fingerprint density at radius 1 is 0.328 bits per heavy atom. The van der Waals surface area contributed by atoms with E-state index in [9.17, 15) is 0 Å². The van der Waals surface area contributed by atoms with Crippen molar-refractivity contribution in [2.45, 2.75) is 0 Å². The van der Waals surface area contributed by atoms with Gasteiger partial charge in [0.2, 0.25) is 0 Å². The maximum Gasteiger partial charge on any atom is 0.137 e. The predicted molar refractivity (Wildman–Crippen MR) is 242 cm³/mol. The zero-order chi connectivity index (χ0) is 37.9. The molecule has 0 fully saturated rings. The van der Waals surface area contributed by atoms with Crippen LogP contribution in [0.15, 0.2) is 205 Å². The molecule has 0 bridgehead atoms. The third-order valence-electron chi connectivity index (χ3n) is 12.2. The summed E-state index contributed by atoms with van der Waals surface area (Å²) < 4.78 is 11.5. The molecule has 0 aliphatic rings. The Bertz CT molecular complexity index is 3720. The molecule has 4 nitrogen and oxygen atoms in total. The van der Waals surface area contributed by atoms with Crippen molar-refractivity contribution in [3.05, 3.63) is 200 Å². The first-order valence-electron chi connectivity index (χ1n) is 19.8. The highest BCUT2D eigenvalue weighted by molar-refractivity contribution is 6.25. The maximum absolute atomic E-state index is 6.47. The molecular weight excluding hydrogens is 707 g/mol. The standard InChI is InChI=1S/C54H33N3O/c1-2-11-34(12-3-1)35-21-23-36(24-22-35)37-25-27-38(28-26-37)55(48-18-10-20-51-52(48)44-15-6-9-19-50(44)58-51)39-29-32-47-49(33-39)57-46-17-8-5-14-41(46)43-31-30-42-40-13-4-7-16-45(40)56(47)53(42)54(43)57/h1-33H. The summed E-state index contributed by atoms with van der Waals surface area (Å²) in [7, 11) is 0. The van der Waals surface area contributed by atoms with E-state index in [2.05, 4.69) is 208 Å². The van der Waals surface area contributed by atoms with Gasteiger partial charge in [-0.25, -0.2) is 0 Å². The average Bonchev–Trinajstić information content (AvgIpc) is 3.96. The maximum atomic E-state index is 6.47. The molecule has 13 aromatic rings. The van der Waals surface area contributed by atoms with Crippen molar-refractivity contribution in [3.8, 4) is 22.3 Å². The summed E-state index contributed by atoms with van der Waals surface area (Å²) in [6.07, 6.45) is 0. The van der Waals surface area contributed by atoms with Crippen molar-refractivity contribution in [1.82, 2.24) is 8.80 Å². The molecule has 0 atom stereocenters. The predicted octanol–water partition coefficient (Wildman–Crippen LogP) is 14.9. The van der Waals surface area contributed by atoms with Gasteiger partial charge in [-0.1, -0.05) is 140 Å². The molecule has 4 heterocycles. The summed E-state index contributed by atoms with van der Waals surface area (Å²) in [5.41, 5.74) is 17.0. The summed E-state index contributed by atoms with van der Waals surface area (Å²) in [5.74, 6) is 0. The lowest BCUT2D eigenvalue weighted by molar-refractivity contribution is 0.669. The number of anilines is 3. The molecule has 0 amide bonds. The van der Waals surface area contributed by atoms with E-state index in [0.29, 0.717) is 0 Å². The minimum Gasteiger partial charge on any atom is -0.456 e. The second-order valence-corrected chi connectivity index (χ2v) is 15.3. The summed E-state index contributed by atoms with van der Waals surface area (Å²) in [4.78, 5) is 2.40. The number of benzene rings is 9. The Morgan fingerprint density at radius 3 is 1.52 bits per heavy atom. The van der Waals surface area contributed by atoms with E-state index in [1.165, 1.54) is 65.9 Å². The van der Waals surface area contributed by atoms with E-state index >= 15 is 0 Å². The third kappa shape index (κ3) is 4.34. The molecule has 0 saturated heterocycles. The van der Waals surface area contributed by atoms with Gasteiger partial charge in [-0.05, 0) is 82.9 Å². The number of fused-ring (bicyclic) bond motifs is 12. The van der Waals surface area contributed by atoms with Crippen molar-refractivity contribution in [2.24, 2.45) is 0 Å². The van der Waals surface area contributed by atoms with Gasteiger partial charge in [0, 0.05) is 38.3 Å². The quantitative estimate of drug-likeness (QED) is 0.164. The number of hydrogen-bond acceptors (Lipinski definition) is 2. The van der Waals surface area contributed by atoms with Crippen LogP contribution in [0.2, 0.25) is 0 Å². The van der Waals surface area contributed by atoms with Crippen LogP contribution in [-0.2, 0) is 0 Å². The van der Waals surface area contributed by atoms with Gasteiger partial charge in [-0.3, -0.25) is 0 Å². The molecule has 0 spiro atoms. The Balaban J connectivity index is 1.07. The van der Waals surface area contributed by atoms with E-state index in [4.69, 9.17) is 4.42 Å². The molecule has 0 aliphatic heterocycles. The minimum absolute atomic E-state index is 0.866. The summed E-state index contributed by atoms with van der Waals surface area (Å²) in [5, 5.41) is 7.25. The number of hydrogen-bond donors (Lipinski definition) is 0. The SMILES string of the molecule is c1ccc(-c2ccc(-c3ccc(N(c4ccc5c(c4)n4c6ccccc6c6ccc7c8ccccc8n5c7c64)c4cccc5oc6ccccc6c45)cc3)cc2)cc1. The van der Waals surface area contributed by atoms with Crippen LogP contribution >= 0.6 is 0 Å². The van der Waals surface area contributed by atoms with E-state index < -0.39 is 0 Å². The van der Waals surface area contributed by atoms with Crippen LogP contribution in [0.25, 0.3) is 98.8 Å². The van der Waals surface area contributed by atoms with Gasteiger partial charge in [0.25, 0.3) is 0 Å². The Hall–Kier alpha value is -7.82. The van der Waals surface area contributed by atoms with Crippen LogP contribution < -0.4 is 4.90 Å².